The van der Waals surface area contributed by atoms with Gasteiger partial charge < -0.3 is 20.3 Å². The molecule has 0 radical (unpaired) electrons. The fourth-order valence-electron chi connectivity index (χ4n) is 3.65. The zero-order valence-corrected chi connectivity index (χ0v) is 19.1. The molecular formula is C19H31ClIN5O. The van der Waals surface area contributed by atoms with Crippen molar-refractivity contribution in [2.45, 2.75) is 50.7 Å². The predicted octanol–water partition coefficient (Wildman–Crippen LogP) is 3.45. The average Bonchev–Trinajstić information content (AvgIpc) is 3.33. The molecule has 152 valence electrons. The molecule has 1 aromatic heterocycles. The van der Waals surface area contributed by atoms with Gasteiger partial charge in [-0.2, -0.15) is 0 Å². The Bertz CT molecular complexity index is 597. The second-order valence-corrected chi connectivity index (χ2v) is 7.42. The lowest BCUT2D eigenvalue weighted by molar-refractivity contribution is 0.0574. The normalized spacial score (nSPS) is 20.6. The van der Waals surface area contributed by atoms with Gasteiger partial charge in [0.15, 0.2) is 5.96 Å². The monoisotopic (exact) mass is 507 g/mol. The molecule has 1 aromatic rings. The van der Waals surface area contributed by atoms with E-state index in [4.69, 9.17) is 16.3 Å². The van der Waals surface area contributed by atoms with Gasteiger partial charge in [0, 0.05) is 45.5 Å². The van der Waals surface area contributed by atoms with Crippen LogP contribution in [0, 0.1) is 0 Å². The molecule has 27 heavy (non-hydrogen) atoms. The van der Waals surface area contributed by atoms with Gasteiger partial charge in [0.25, 0.3) is 0 Å². The van der Waals surface area contributed by atoms with Crippen molar-refractivity contribution in [3.63, 3.8) is 0 Å². The zero-order chi connectivity index (χ0) is 18.2. The first-order valence-electron chi connectivity index (χ1n) is 9.70. The van der Waals surface area contributed by atoms with Gasteiger partial charge >= 0.3 is 0 Å². The van der Waals surface area contributed by atoms with Crippen LogP contribution in [0.2, 0.25) is 5.02 Å². The van der Waals surface area contributed by atoms with Crippen molar-refractivity contribution in [3.8, 4) is 0 Å². The highest BCUT2D eigenvalue weighted by molar-refractivity contribution is 14.0. The maximum Gasteiger partial charge on any atom is 0.191 e. The Balaban J connectivity index is 0.00000261. The standard InChI is InChI=1S/C19H30ClN5O.HI/c1-21-19(23-11-5-13-26-16-6-2-3-7-16)24-15-9-12-25(14-15)18-17(20)8-4-10-22-18;/h4,8,10,15-16H,2-3,5-7,9,11-14H2,1H3,(H2,21,23,24);1H. The van der Waals surface area contributed by atoms with Crippen LogP contribution in [0.5, 0.6) is 0 Å². The average molecular weight is 508 g/mol. The molecule has 0 spiro atoms. The van der Waals surface area contributed by atoms with Gasteiger partial charge in [0.2, 0.25) is 0 Å². The van der Waals surface area contributed by atoms with Crippen LogP contribution in [0.25, 0.3) is 0 Å². The summed E-state index contributed by atoms with van der Waals surface area (Å²) in [6, 6.07) is 4.09. The van der Waals surface area contributed by atoms with E-state index >= 15 is 0 Å². The number of hydrogen-bond donors (Lipinski definition) is 2. The predicted molar refractivity (Wildman–Crippen MR) is 123 cm³/mol. The number of rotatable bonds is 7. The summed E-state index contributed by atoms with van der Waals surface area (Å²) >= 11 is 6.26. The molecule has 2 heterocycles. The quantitative estimate of drug-likeness (QED) is 0.256. The van der Waals surface area contributed by atoms with E-state index in [1.807, 2.05) is 19.2 Å². The minimum atomic E-state index is 0. The van der Waals surface area contributed by atoms with Gasteiger partial charge in [0.05, 0.1) is 11.1 Å². The second-order valence-electron chi connectivity index (χ2n) is 7.01. The van der Waals surface area contributed by atoms with Crippen molar-refractivity contribution in [1.29, 1.82) is 0 Å². The van der Waals surface area contributed by atoms with Gasteiger partial charge in [-0.25, -0.2) is 4.98 Å². The van der Waals surface area contributed by atoms with E-state index < -0.39 is 0 Å². The molecule has 2 aliphatic rings. The SMILES string of the molecule is CN=C(NCCCOC1CCCC1)NC1CCN(c2ncccc2Cl)C1.I. The molecule has 2 N–H and O–H groups in total. The molecule has 0 bridgehead atoms. The van der Waals surface area contributed by atoms with E-state index in [9.17, 15) is 0 Å². The number of ether oxygens (including phenoxy) is 1. The van der Waals surface area contributed by atoms with Crippen LogP contribution >= 0.6 is 35.6 Å². The summed E-state index contributed by atoms with van der Waals surface area (Å²) in [6.45, 7) is 3.52. The molecule has 3 rings (SSSR count). The van der Waals surface area contributed by atoms with Crippen molar-refractivity contribution in [3.05, 3.63) is 23.4 Å². The Morgan fingerprint density at radius 1 is 1.37 bits per heavy atom. The lowest BCUT2D eigenvalue weighted by Gasteiger charge is -2.20. The van der Waals surface area contributed by atoms with Crippen LogP contribution in [-0.4, -0.2) is 56.4 Å². The highest BCUT2D eigenvalue weighted by atomic mass is 127. The van der Waals surface area contributed by atoms with E-state index in [2.05, 4.69) is 25.5 Å². The van der Waals surface area contributed by atoms with Crippen molar-refractivity contribution in [2.24, 2.45) is 4.99 Å². The molecule has 0 aromatic carbocycles. The van der Waals surface area contributed by atoms with E-state index in [1.54, 1.807) is 6.20 Å². The van der Waals surface area contributed by atoms with Crippen LogP contribution in [0.4, 0.5) is 5.82 Å². The summed E-state index contributed by atoms with van der Waals surface area (Å²) in [7, 11) is 1.81. The lowest BCUT2D eigenvalue weighted by Crippen LogP contribution is -2.45. The summed E-state index contributed by atoms with van der Waals surface area (Å²) in [5, 5.41) is 7.60. The van der Waals surface area contributed by atoms with E-state index in [-0.39, 0.29) is 24.0 Å². The Kier molecular flexibility index (Phi) is 9.92. The van der Waals surface area contributed by atoms with Crippen molar-refractivity contribution < 1.29 is 4.74 Å². The number of halogens is 2. The highest BCUT2D eigenvalue weighted by Crippen LogP contribution is 2.25. The second kappa shape index (κ2) is 11.9. The maximum absolute atomic E-state index is 6.26. The molecule has 1 aliphatic heterocycles. The molecule has 0 amide bonds. The minimum Gasteiger partial charge on any atom is -0.378 e. The third kappa shape index (κ3) is 6.94. The number of aliphatic imine (C=N–C) groups is 1. The molecule has 2 fully saturated rings. The molecule has 6 nitrogen and oxygen atoms in total. The number of nitrogens with one attached hydrogen (secondary N) is 2. The van der Waals surface area contributed by atoms with Crippen molar-refractivity contribution >= 4 is 47.4 Å². The lowest BCUT2D eigenvalue weighted by atomic mass is 10.3. The first-order chi connectivity index (χ1) is 12.8. The summed E-state index contributed by atoms with van der Waals surface area (Å²) < 4.78 is 5.90. The molecule has 1 unspecified atom stereocenters. The first kappa shape index (κ1) is 22.5. The van der Waals surface area contributed by atoms with Crippen LogP contribution in [-0.2, 0) is 4.74 Å². The van der Waals surface area contributed by atoms with Gasteiger partial charge in [0.1, 0.15) is 5.82 Å². The molecule has 8 heteroatoms. The molecular weight excluding hydrogens is 477 g/mol. The van der Waals surface area contributed by atoms with Crippen molar-refractivity contribution in [1.82, 2.24) is 15.6 Å². The zero-order valence-electron chi connectivity index (χ0n) is 16.0. The van der Waals surface area contributed by atoms with Gasteiger partial charge in [-0.15, -0.1) is 24.0 Å². The van der Waals surface area contributed by atoms with Crippen LogP contribution < -0.4 is 15.5 Å². The molecule has 1 atom stereocenters. The fraction of sp³-hybridized carbons (Fsp3) is 0.684. The Labute approximate surface area is 184 Å². The molecule has 1 saturated heterocycles. The van der Waals surface area contributed by atoms with Crippen LogP contribution in [0.3, 0.4) is 0 Å². The largest absolute Gasteiger partial charge is 0.378 e. The van der Waals surface area contributed by atoms with Gasteiger partial charge in [-0.05, 0) is 37.8 Å². The van der Waals surface area contributed by atoms with Gasteiger partial charge in [-0.3, -0.25) is 4.99 Å². The smallest absolute Gasteiger partial charge is 0.191 e. The van der Waals surface area contributed by atoms with E-state index in [0.29, 0.717) is 17.2 Å². The van der Waals surface area contributed by atoms with Gasteiger partial charge in [-0.1, -0.05) is 24.4 Å². The van der Waals surface area contributed by atoms with Crippen molar-refractivity contribution in [2.75, 3.05) is 38.2 Å². The summed E-state index contributed by atoms with van der Waals surface area (Å²) in [6.07, 6.45) is 9.43. The third-order valence-corrected chi connectivity index (χ3v) is 5.36. The number of hydrogen-bond acceptors (Lipinski definition) is 4. The van der Waals surface area contributed by atoms with Crippen LogP contribution in [0.15, 0.2) is 23.3 Å². The summed E-state index contributed by atoms with van der Waals surface area (Å²) in [5.74, 6) is 1.72. The Hall–Kier alpha value is -0.800. The first-order valence-corrected chi connectivity index (χ1v) is 10.1. The molecule has 1 saturated carbocycles. The molecule has 1 aliphatic carbocycles. The summed E-state index contributed by atoms with van der Waals surface area (Å²) in [4.78, 5) is 11.0. The number of pyridine rings is 1. The number of guanidine groups is 1. The van der Waals surface area contributed by atoms with E-state index in [1.165, 1.54) is 25.7 Å². The number of anilines is 1. The maximum atomic E-state index is 6.26. The topological polar surface area (TPSA) is 61.8 Å². The number of nitrogens with zero attached hydrogens (tertiary/aromatic N) is 3. The van der Waals surface area contributed by atoms with E-state index in [0.717, 1.165) is 50.9 Å². The Morgan fingerprint density at radius 2 is 2.19 bits per heavy atom. The van der Waals surface area contributed by atoms with Crippen LogP contribution in [0.1, 0.15) is 38.5 Å². The summed E-state index contributed by atoms with van der Waals surface area (Å²) in [5.41, 5.74) is 0. The third-order valence-electron chi connectivity index (χ3n) is 5.06. The fourth-order valence-corrected chi connectivity index (χ4v) is 3.89. The Morgan fingerprint density at radius 3 is 2.93 bits per heavy atom. The minimum absolute atomic E-state index is 0. The number of aromatic nitrogens is 1. The highest BCUT2D eigenvalue weighted by Gasteiger charge is 2.25.